The fourth-order valence-corrected chi connectivity index (χ4v) is 3.02. The van der Waals surface area contributed by atoms with Crippen molar-refractivity contribution in [1.29, 1.82) is 0 Å². The zero-order valence-corrected chi connectivity index (χ0v) is 17.2. The molecule has 0 radical (unpaired) electrons. The highest BCUT2D eigenvalue weighted by Crippen LogP contribution is 2.31. The largest absolute Gasteiger partial charge is 0.491 e. The lowest BCUT2D eigenvalue weighted by atomic mass is 10.2. The predicted octanol–water partition coefficient (Wildman–Crippen LogP) is 2.86. The van der Waals surface area contributed by atoms with E-state index in [9.17, 15) is 14.0 Å². The highest BCUT2D eigenvalue weighted by Gasteiger charge is 2.18. The Balaban J connectivity index is 0.000000142. The molecule has 2 aliphatic rings. The van der Waals surface area contributed by atoms with Crippen LogP contribution in [0.4, 0.5) is 10.1 Å². The molecule has 8 nitrogen and oxygen atoms in total. The number of hydrogen-bond acceptors (Lipinski definition) is 5. The molecule has 0 saturated heterocycles. The maximum Gasteiger partial charge on any atom is 0.288 e. The Labute approximate surface area is 179 Å². The molecule has 3 N–H and O–H groups in total. The van der Waals surface area contributed by atoms with Crippen molar-refractivity contribution in [2.45, 2.75) is 32.7 Å². The summed E-state index contributed by atoms with van der Waals surface area (Å²) in [7, 11) is 0. The van der Waals surface area contributed by atoms with Gasteiger partial charge in [-0.15, -0.1) is 5.10 Å². The van der Waals surface area contributed by atoms with Crippen LogP contribution in [0.15, 0.2) is 48.5 Å². The highest BCUT2D eigenvalue weighted by molar-refractivity contribution is 5.93. The Morgan fingerprint density at radius 2 is 1.84 bits per heavy atom. The summed E-state index contributed by atoms with van der Waals surface area (Å²) in [6.07, 6.45) is 2.22. The fraction of sp³-hybridized carbons (Fsp3) is 0.273. The molecule has 0 saturated carbocycles. The van der Waals surface area contributed by atoms with Crippen molar-refractivity contribution in [3.8, 4) is 5.75 Å². The first-order chi connectivity index (χ1) is 14.9. The maximum absolute atomic E-state index is 13.4. The zero-order chi connectivity index (χ0) is 22.2. The molecule has 9 heteroatoms. The molecular formula is C22H24FN5O3. The number of carbonyl (C=O) groups excluding carboxylic acids is 2. The number of fused-ring (bicyclic) bond motifs is 2. The fourth-order valence-electron chi connectivity index (χ4n) is 3.02. The quantitative estimate of drug-likeness (QED) is 0.623. The number of amides is 2. The number of nitrogens with zero attached hydrogens (tertiary/aromatic N) is 3. The van der Waals surface area contributed by atoms with Gasteiger partial charge in [0.1, 0.15) is 17.3 Å². The van der Waals surface area contributed by atoms with Crippen LogP contribution in [0.3, 0.4) is 0 Å². The summed E-state index contributed by atoms with van der Waals surface area (Å²) in [5.74, 6) is 0.209. The molecule has 0 bridgehead atoms. The van der Waals surface area contributed by atoms with Crippen molar-refractivity contribution < 1.29 is 18.7 Å². The summed E-state index contributed by atoms with van der Waals surface area (Å²) in [6, 6.07) is 15.1. The van der Waals surface area contributed by atoms with Crippen LogP contribution in [-0.2, 0) is 17.8 Å². The smallest absolute Gasteiger partial charge is 0.288 e. The number of halogens is 1. The molecule has 5 rings (SSSR count). The average molecular weight is 425 g/mol. The van der Waals surface area contributed by atoms with Gasteiger partial charge in [0, 0.05) is 13.0 Å². The van der Waals surface area contributed by atoms with Crippen LogP contribution < -0.4 is 15.8 Å². The van der Waals surface area contributed by atoms with Crippen molar-refractivity contribution in [1.82, 2.24) is 14.8 Å². The van der Waals surface area contributed by atoms with Gasteiger partial charge in [-0.3, -0.25) is 9.59 Å². The van der Waals surface area contributed by atoms with Gasteiger partial charge in [-0.2, -0.15) is 0 Å². The van der Waals surface area contributed by atoms with E-state index >= 15 is 0 Å². The van der Waals surface area contributed by atoms with Crippen LogP contribution in [0.5, 0.6) is 5.75 Å². The minimum atomic E-state index is -0.549. The van der Waals surface area contributed by atoms with E-state index in [2.05, 4.69) is 15.4 Å². The molecule has 31 heavy (non-hydrogen) atoms. The van der Waals surface area contributed by atoms with E-state index in [-0.39, 0.29) is 23.8 Å². The summed E-state index contributed by atoms with van der Waals surface area (Å²) in [6.45, 7) is 2.93. The van der Waals surface area contributed by atoms with Gasteiger partial charge in [-0.1, -0.05) is 36.4 Å². The number of carbonyl (C=O) groups is 2. The van der Waals surface area contributed by atoms with Crippen molar-refractivity contribution in [3.05, 3.63) is 71.6 Å². The summed E-state index contributed by atoms with van der Waals surface area (Å²) in [5, 5.41) is 6.40. The second-order valence-corrected chi connectivity index (χ2v) is 6.96. The zero-order valence-electron chi connectivity index (χ0n) is 17.2. The number of nitrogens with one attached hydrogen (secondary N) is 1. The van der Waals surface area contributed by atoms with Crippen molar-refractivity contribution in [2.24, 2.45) is 5.73 Å². The van der Waals surface area contributed by atoms with Crippen molar-refractivity contribution in [2.75, 3.05) is 11.9 Å². The second-order valence-electron chi connectivity index (χ2n) is 6.96. The minimum absolute atomic E-state index is 0.139. The highest BCUT2D eigenvalue weighted by atomic mass is 19.1. The number of benzene rings is 2. The average Bonchev–Trinajstić information content (AvgIpc) is 3.30. The van der Waals surface area contributed by atoms with Crippen LogP contribution >= 0.6 is 0 Å². The molecule has 2 aromatic carbocycles. The van der Waals surface area contributed by atoms with Crippen molar-refractivity contribution >= 4 is 17.5 Å². The number of rotatable bonds is 1. The van der Waals surface area contributed by atoms with Crippen LogP contribution in [-0.4, -0.2) is 33.2 Å². The molecule has 3 heterocycles. The van der Waals surface area contributed by atoms with E-state index in [0.29, 0.717) is 12.4 Å². The Bertz CT molecular complexity index is 1000. The number of anilines is 1. The Morgan fingerprint density at radius 1 is 1.16 bits per heavy atom. The summed E-state index contributed by atoms with van der Waals surface area (Å²) in [5.41, 5.74) is 5.92. The van der Waals surface area contributed by atoms with Gasteiger partial charge < -0.3 is 15.8 Å². The molecule has 0 atom stereocenters. The summed E-state index contributed by atoms with van der Waals surface area (Å²) >= 11 is 0. The predicted molar refractivity (Wildman–Crippen MR) is 113 cm³/mol. The monoisotopic (exact) mass is 425 g/mol. The first-order valence-corrected chi connectivity index (χ1v) is 9.90. The van der Waals surface area contributed by atoms with Crippen LogP contribution in [0.2, 0.25) is 0 Å². The lowest BCUT2D eigenvalue weighted by molar-refractivity contribution is -0.116. The molecule has 162 valence electrons. The first kappa shape index (κ1) is 21.9. The number of aromatic nitrogens is 3. The minimum Gasteiger partial charge on any atom is -0.491 e. The van der Waals surface area contributed by atoms with Crippen LogP contribution in [0, 0.1) is 12.7 Å². The first-order valence-electron chi connectivity index (χ1n) is 9.90. The number of hydrogen-bond donors (Lipinski definition) is 2. The van der Waals surface area contributed by atoms with Crippen LogP contribution in [0.1, 0.15) is 34.8 Å². The van der Waals surface area contributed by atoms with Crippen molar-refractivity contribution in [3.63, 3.8) is 0 Å². The van der Waals surface area contributed by atoms with Crippen LogP contribution in [0.25, 0.3) is 0 Å². The standard InChI is InChI=1S/C10H10FNO2.C6H8N4O.C6H6/c1-6-4-7(11)10-8(5-6)14-3-2-9(13)12-10;7-5(11)6-8-4-2-1-3-10(4)9-6;1-2-4-6-5-3-1/h4-5H,2-3H2,1H3,(H,12,13);1-3H2,(H2,7,11);1-6H. The lowest BCUT2D eigenvalue weighted by Crippen LogP contribution is -2.13. The second kappa shape index (κ2) is 10.3. The third-order valence-electron chi connectivity index (χ3n) is 4.46. The SMILES string of the molecule is Cc1cc(F)c2c(c1)OCCC(=O)N2.NC(=O)c1nc2n(n1)CCC2.c1ccccc1. The van der Waals surface area contributed by atoms with Gasteiger partial charge in [0.15, 0.2) is 5.82 Å². The molecule has 2 amide bonds. The van der Waals surface area contributed by atoms with Gasteiger partial charge in [0.05, 0.1) is 13.0 Å². The van der Waals surface area contributed by atoms with Gasteiger partial charge in [-0.05, 0) is 31.0 Å². The lowest BCUT2D eigenvalue weighted by Gasteiger charge is -2.08. The molecule has 0 aliphatic carbocycles. The number of aryl methyl sites for hydroxylation is 3. The van der Waals surface area contributed by atoms with Gasteiger partial charge >= 0.3 is 0 Å². The maximum atomic E-state index is 13.4. The van der Waals surface area contributed by atoms with E-state index in [1.54, 1.807) is 17.7 Å². The molecular weight excluding hydrogens is 401 g/mol. The molecule has 1 aromatic heterocycles. The van der Waals surface area contributed by atoms with E-state index in [1.165, 1.54) is 6.07 Å². The van der Waals surface area contributed by atoms with Gasteiger partial charge in [0.2, 0.25) is 11.7 Å². The topological polar surface area (TPSA) is 112 Å². The van der Waals surface area contributed by atoms with E-state index < -0.39 is 11.7 Å². The normalized spacial score (nSPS) is 13.7. The number of nitrogens with two attached hydrogens (primary N) is 1. The third kappa shape index (κ3) is 6.11. The molecule has 3 aromatic rings. The molecule has 0 spiro atoms. The van der Waals surface area contributed by atoms with E-state index in [0.717, 1.165) is 30.8 Å². The summed E-state index contributed by atoms with van der Waals surface area (Å²) in [4.78, 5) is 25.7. The van der Waals surface area contributed by atoms with E-state index in [1.807, 2.05) is 36.4 Å². The number of primary amides is 1. The Hall–Kier alpha value is -3.75. The Kier molecular flexibility index (Phi) is 7.31. The van der Waals surface area contributed by atoms with Gasteiger partial charge in [0.25, 0.3) is 5.91 Å². The molecule has 2 aliphatic heterocycles. The third-order valence-corrected chi connectivity index (χ3v) is 4.46. The number of ether oxygens (including phenoxy) is 1. The summed E-state index contributed by atoms with van der Waals surface area (Å²) < 4.78 is 20.4. The Morgan fingerprint density at radius 3 is 2.45 bits per heavy atom. The molecule has 0 unspecified atom stereocenters. The van der Waals surface area contributed by atoms with E-state index in [4.69, 9.17) is 10.5 Å². The molecule has 0 fully saturated rings. The van der Waals surface area contributed by atoms with Gasteiger partial charge in [-0.25, -0.2) is 14.1 Å².